The molecule has 3 nitrogen and oxygen atoms in total. The first-order valence-electron chi connectivity index (χ1n) is 5.09. The van der Waals surface area contributed by atoms with Crippen LogP contribution in [0.5, 0.6) is 0 Å². The smallest absolute Gasteiger partial charge is 0.160 e. The molecule has 2 aliphatic heterocycles. The van der Waals surface area contributed by atoms with E-state index in [2.05, 4.69) is 20.8 Å². The maximum atomic E-state index is 5.64. The molecule has 76 valence electrons. The molecule has 0 spiro atoms. The van der Waals surface area contributed by atoms with E-state index in [9.17, 15) is 0 Å². The van der Waals surface area contributed by atoms with Gasteiger partial charge in [0.1, 0.15) is 6.10 Å². The molecule has 3 heteroatoms. The predicted octanol–water partition coefficient (Wildman–Crippen LogP) is 1.56. The first-order valence-corrected chi connectivity index (χ1v) is 5.09. The van der Waals surface area contributed by atoms with Crippen molar-refractivity contribution in [3.05, 3.63) is 0 Å². The largest absolute Gasteiger partial charge is 0.367 e. The van der Waals surface area contributed by atoms with Crippen LogP contribution in [0.2, 0.25) is 0 Å². The highest BCUT2D eigenvalue weighted by Crippen LogP contribution is 2.37. The molecule has 0 amide bonds. The molecule has 0 saturated carbocycles. The fourth-order valence-electron chi connectivity index (χ4n) is 1.73. The summed E-state index contributed by atoms with van der Waals surface area (Å²) < 4.78 is 16.7. The number of hydrogen-bond donors (Lipinski definition) is 0. The molecular weight excluding hydrogens is 168 g/mol. The van der Waals surface area contributed by atoms with Gasteiger partial charge in [0.15, 0.2) is 6.29 Å². The van der Waals surface area contributed by atoms with Gasteiger partial charge in [-0.05, 0) is 12.8 Å². The van der Waals surface area contributed by atoms with E-state index >= 15 is 0 Å². The Morgan fingerprint density at radius 1 is 1.38 bits per heavy atom. The number of fused-ring (bicyclic) bond motifs is 1. The van der Waals surface area contributed by atoms with Crippen LogP contribution < -0.4 is 0 Å². The predicted molar refractivity (Wildman–Crippen MR) is 48.4 cm³/mol. The van der Waals surface area contributed by atoms with Crippen molar-refractivity contribution in [3.8, 4) is 0 Å². The van der Waals surface area contributed by atoms with Gasteiger partial charge in [0.05, 0.1) is 18.8 Å². The van der Waals surface area contributed by atoms with Crippen molar-refractivity contribution < 1.29 is 14.2 Å². The summed E-state index contributed by atoms with van der Waals surface area (Å²) in [5, 5.41) is 0. The van der Waals surface area contributed by atoms with E-state index in [0.29, 0.717) is 18.1 Å². The SMILES string of the molecule is CC(C)CO[C@@H]1C[C@@H]2O[C@@H]2[C@@H](C)O1. The Bertz CT molecular complexity index is 181. The molecule has 13 heavy (non-hydrogen) atoms. The molecule has 0 aromatic carbocycles. The van der Waals surface area contributed by atoms with E-state index in [1.54, 1.807) is 0 Å². The normalized spacial score (nSPS) is 43.4. The molecule has 4 atom stereocenters. The summed E-state index contributed by atoms with van der Waals surface area (Å²) >= 11 is 0. The van der Waals surface area contributed by atoms with Crippen LogP contribution in [0.15, 0.2) is 0 Å². The van der Waals surface area contributed by atoms with Gasteiger partial charge < -0.3 is 14.2 Å². The molecule has 0 unspecified atom stereocenters. The molecule has 2 fully saturated rings. The van der Waals surface area contributed by atoms with Crippen LogP contribution in [0, 0.1) is 5.92 Å². The summed E-state index contributed by atoms with van der Waals surface area (Å²) in [6, 6.07) is 0. The number of epoxide rings is 1. The second kappa shape index (κ2) is 3.56. The van der Waals surface area contributed by atoms with E-state index < -0.39 is 0 Å². The molecular formula is C10H18O3. The summed E-state index contributed by atoms with van der Waals surface area (Å²) in [6.45, 7) is 7.11. The zero-order valence-electron chi connectivity index (χ0n) is 8.53. The van der Waals surface area contributed by atoms with Gasteiger partial charge in [-0.25, -0.2) is 0 Å². The molecule has 0 aromatic heterocycles. The standard InChI is InChI=1S/C10H18O3/c1-6(2)5-11-9-4-8-10(13-8)7(3)12-9/h6-10H,4-5H2,1-3H3/t7-,8+,9+,10-/m1/s1. The van der Waals surface area contributed by atoms with E-state index in [0.717, 1.165) is 13.0 Å². The molecule has 0 aromatic rings. The fraction of sp³-hybridized carbons (Fsp3) is 1.00. The lowest BCUT2D eigenvalue weighted by atomic mass is 10.1. The Labute approximate surface area is 79.4 Å². The van der Waals surface area contributed by atoms with Crippen LogP contribution in [0.3, 0.4) is 0 Å². The van der Waals surface area contributed by atoms with Gasteiger partial charge in [0, 0.05) is 6.42 Å². The van der Waals surface area contributed by atoms with Crippen molar-refractivity contribution >= 4 is 0 Å². The molecule has 0 radical (unpaired) electrons. The molecule has 0 bridgehead atoms. The number of rotatable bonds is 3. The lowest BCUT2D eigenvalue weighted by Crippen LogP contribution is -2.34. The third-order valence-electron chi connectivity index (χ3n) is 2.49. The highest BCUT2D eigenvalue weighted by atomic mass is 16.7. The molecule has 0 N–H and O–H groups in total. The maximum Gasteiger partial charge on any atom is 0.160 e. The molecule has 2 rings (SSSR count). The number of ether oxygens (including phenoxy) is 3. The third-order valence-corrected chi connectivity index (χ3v) is 2.49. The maximum absolute atomic E-state index is 5.64. The summed E-state index contributed by atoms with van der Waals surface area (Å²) in [7, 11) is 0. The third kappa shape index (κ3) is 2.22. The zero-order chi connectivity index (χ0) is 9.42. The van der Waals surface area contributed by atoms with Crippen molar-refractivity contribution in [3.63, 3.8) is 0 Å². The van der Waals surface area contributed by atoms with Crippen molar-refractivity contribution in [1.82, 2.24) is 0 Å². The van der Waals surface area contributed by atoms with Crippen LogP contribution in [-0.4, -0.2) is 31.2 Å². The van der Waals surface area contributed by atoms with Crippen LogP contribution in [0.4, 0.5) is 0 Å². The summed E-state index contributed by atoms with van der Waals surface area (Å²) in [5.41, 5.74) is 0. The molecule has 0 aliphatic carbocycles. The zero-order valence-corrected chi connectivity index (χ0v) is 8.53. The minimum atomic E-state index is -0.0406. The average Bonchev–Trinajstić information content (AvgIpc) is 2.80. The minimum absolute atomic E-state index is 0.0406. The van der Waals surface area contributed by atoms with Crippen molar-refractivity contribution in [2.45, 2.75) is 51.8 Å². The Morgan fingerprint density at radius 2 is 2.15 bits per heavy atom. The van der Waals surface area contributed by atoms with Gasteiger partial charge in [-0.2, -0.15) is 0 Å². The van der Waals surface area contributed by atoms with Crippen LogP contribution in [0.25, 0.3) is 0 Å². The van der Waals surface area contributed by atoms with Crippen LogP contribution in [-0.2, 0) is 14.2 Å². The van der Waals surface area contributed by atoms with Gasteiger partial charge in [0.25, 0.3) is 0 Å². The van der Waals surface area contributed by atoms with Crippen molar-refractivity contribution in [2.24, 2.45) is 5.92 Å². The summed E-state index contributed by atoms with van der Waals surface area (Å²) in [5.74, 6) is 0.566. The van der Waals surface area contributed by atoms with Crippen LogP contribution in [0.1, 0.15) is 27.2 Å². The minimum Gasteiger partial charge on any atom is -0.367 e. The van der Waals surface area contributed by atoms with E-state index in [-0.39, 0.29) is 12.4 Å². The highest BCUT2D eigenvalue weighted by molar-refractivity contribution is 4.93. The van der Waals surface area contributed by atoms with Gasteiger partial charge >= 0.3 is 0 Å². The Hall–Kier alpha value is -0.120. The first kappa shape index (κ1) is 9.44. The quantitative estimate of drug-likeness (QED) is 0.627. The van der Waals surface area contributed by atoms with E-state index in [4.69, 9.17) is 14.2 Å². The van der Waals surface area contributed by atoms with Crippen LogP contribution >= 0.6 is 0 Å². The lowest BCUT2D eigenvalue weighted by Gasteiger charge is -2.25. The highest BCUT2D eigenvalue weighted by Gasteiger charge is 2.49. The van der Waals surface area contributed by atoms with E-state index in [1.807, 2.05) is 0 Å². The van der Waals surface area contributed by atoms with Gasteiger partial charge in [0.2, 0.25) is 0 Å². The van der Waals surface area contributed by atoms with Crippen molar-refractivity contribution in [2.75, 3.05) is 6.61 Å². The number of hydrogen-bond acceptors (Lipinski definition) is 3. The Balaban J connectivity index is 1.74. The Morgan fingerprint density at radius 3 is 2.77 bits per heavy atom. The molecule has 2 heterocycles. The second-order valence-electron chi connectivity index (χ2n) is 4.37. The fourth-order valence-corrected chi connectivity index (χ4v) is 1.73. The Kier molecular flexibility index (Phi) is 2.58. The monoisotopic (exact) mass is 186 g/mol. The van der Waals surface area contributed by atoms with Gasteiger partial charge in [-0.15, -0.1) is 0 Å². The first-order chi connectivity index (χ1) is 6.16. The summed E-state index contributed by atoms with van der Waals surface area (Å²) in [6.07, 6.45) is 1.82. The second-order valence-corrected chi connectivity index (χ2v) is 4.37. The lowest BCUT2D eigenvalue weighted by molar-refractivity contribution is -0.185. The van der Waals surface area contributed by atoms with Gasteiger partial charge in [-0.3, -0.25) is 0 Å². The van der Waals surface area contributed by atoms with Gasteiger partial charge in [-0.1, -0.05) is 13.8 Å². The molecule has 2 saturated heterocycles. The van der Waals surface area contributed by atoms with Crippen molar-refractivity contribution in [1.29, 1.82) is 0 Å². The average molecular weight is 186 g/mol. The molecule has 2 aliphatic rings. The van der Waals surface area contributed by atoms with E-state index in [1.165, 1.54) is 0 Å². The topological polar surface area (TPSA) is 31.0 Å². The summed E-state index contributed by atoms with van der Waals surface area (Å²) in [4.78, 5) is 0.